The second-order valence-corrected chi connectivity index (χ2v) is 8.59. The smallest absolute Gasteiger partial charge is 0.128 e. The van der Waals surface area contributed by atoms with Crippen LogP contribution in [0, 0.1) is 0 Å². The van der Waals surface area contributed by atoms with E-state index in [0.717, 1.165) is 44.2 Å². The number of aliphatic hydroxyl groups is 1. The Morgan fingerprint density at radius 2 is 1.94 bits per heavy atom. The van der Waals surface area contributed by atoms with E-state index in [1.54, 1.807) is 6.20 Å². The molecule has 0 saturated carbocycles. The van der Waals surface area contributed by atoms with Gasteiger partial charge in [0.2, 0.25) is 0 Å². The maximum Gasteiger partial charge on any atom is 0.128 e. The molecule has 4 rings (SSSR count). The Kier molecular flexibility index (Phi) is 8.96. The van der Waals surface area contributed by atoms with Crippen LogP contribution >= 0.6 is 12.4 Å². The molecule has 1 aromatic carbocycles. The normalized spacial score (nSPS) is 21.6. The van der Waals surface area contributed by atoms with Crippen molar-refractivity contribution in [3.63, 3.8) is 0 Å². The molecule has 2 N–H and O–H groups in total. The van der Waals surface area contributed by atoms with Crippen molar-refractivity contribution in [1.29, 1.82) is 0 Å². The molecule has 3 heterocycles. The third-order valence-corrected chi connectivity index (χ3v) is 6.11. The molecule has 170 valence electrons. The van der Waals surface area contributed by atoms with Crippen LogP contribution in [0.25, 0.3) is 0 Å². The summed E-state index contributed by atoms with van der Waals surface area (Å²) in [5.41, 5.74) is 0.453. The molecule has 31 heavy (non-hydrogen) atoms. The summed E-state index contributed by atoms with van der Waals surface area (Å²) in [4.78, 5) is 9.04. The third kappa shape index (κ3) is 7.07. The van der Waals surface area contributed by atoms with Crippen molar-refractivity contribution in [2.24, 2.45) is 0 Å². The first kappa shape index (κ1) is 23.8. The molecule has 1 atom stereocenters. The van der Waals surface area contributed by atoms with E-state index in [-0.39, 0.29) is 12.4 Å². The molecule has 1 unspecified atom stereocenters. The van der Waals surface area contributed by atoms with E-state index in [0.29, 0.717) is 13.1 Å². The molecule has 2 aromatic rings. The zero-order chi connectivity index (χ0) is 20.7. The van der Waals surface area contributed by atoms with E-state index in [1.165, 1.54) is 37.9 Å². The largest absolute Gasteiger partial charge is 0.492 e. The van der Waals surface area contributed by atoms with Crippen LogP contribution in [0.15, 0.2) is 48.7 Å². The van der Waals surface area contributed by atoms with Gasteiger partial charge in [0.1, 0.15) is 18.2 Å². The van der Waals surface area contributed by atoms with Crippen LogP contribution in [0.2, 0.25) is 0 Å². The maximum absolute atomic E-state index is 10.9. The number of β-amino-alcohol motifs (C(OH)–C–C–N with tert-alkyl or cyclic N) is 1. The van der Waals surface area contributed by atoms with Crippen molar-refractivity contribution in [3.8, 4) is 5.75 Å². The molecule has 2 aliphatic heterocycles. The molecule has 0 bridgehead atoms. The van der Waals surface area contributed by atoms with E-state index in [2.05, 4.69) is 32.2 Å². The van der Waals surface area contributed by atoms with Gasteiger partial charge < -0.3 is 20.1 Å². The summed E-state index contributed by atoms with van der Waals surface area (Å²) in [7, 11) is 0. The van der Waals surface area contributed by atoms with E-state index in [4.69, 9.17) is 4.74 Å². The second-order valence-electron chi connectivity index (χ2n) is 8.59. The van der Waals surface area contributed by atoms with Crippen LogP contribution in [0.1, 0.15) is 31.2 Å². The second kappa shape index (κ2) is 11.7. The van der Waals surface area contributed by atoms with Crippen LogP contribution in [0.3, 0.4) is 0 Å². The zero-order valence-electron chi connectivity index (χ0n) is 18.2. The van der Waals surface area contributed by atoms with Crippen molar-refractivity contribution in [2.45, 2.75) is 37.8 Å². The standard InChI is InChI=1S/C24H34N4O2.ClH/c29-24(10-14-28(20-24)23-9-2-3-11-26-23)19-25-18-21-7-6-8-22(17-21)30-16-15-27-12-4-1-5-13-27;/h2-3,6-9,11,17,25,29H,1,4-5,10,12-16,18-20H2;1H. The first-order valence-corrected chi connectivity index (χ1v) is 11.2. The van der Waals surface area contributed by atoms with Gasteiger partial charge in [-0.3, -0.25) is 4.90 Å². The minimum Gasteiger partial charge on any atom is -0.492 e. The van der Waals surface area contributed by atoms with Crippen LogP contribution in [0.4, 0.5) is 5.82 Å². The number of halogens is 1. The van der Waals surface area contributed by atoms with E-state index < -0.39 is 5.60 Å². The highest BCUT2D eigenvalue weighted by molar-refractivity contribution is 5.85. The first-order chi connectivity index (χ1) is 14.7. The summed E-state index contributed by atoms with van der Waals surface area (Å²) in [6.45, 7) is 6.86. The van der Waals surface area contributed by atoms with Crippen LogP contribution in [-0.2, 0) is 6.54 Å². The Hall–Kier alpha value is -1.86. The number of hydrogen-bond acceptors (Lipinski definition) is 6. The topological polar surface area (TPSA) is 60.9 Å². The van der Waals surface area contributed by atoms with Gasteiger partial charge in [0.15, 0.2) is 0 Å². The van der Waals surface area contributed by atoms with Crippen molar-refractivity contribution >= 4 is 18.2 Å². The number of pyridine rings is 1. The molecular weight excluding hydrogens is 412 g/mol. The maximum atomic E-state index is 10.9. The van der Waals surface area contributed by atoms with Crippen LogP contribution < -0.4 is 15.0 Å². The molecule has 0 amide bonds. The lowest BCUT2D eigenvalue weighted by Gasteiger charge is -2.26. The average Bonchev–Trinajstić information content (AvgIpc) is 3.18. The first-order valence-electron chi connectivity index (χ1n) is 11.2. The summed E-state index contributed by atoms with van der Waals surface area (Å²) < 4.78 is 5.98. The van der Waals surface area contributed by atoms with Crippen molar-refractivity contribution in [2.75, 3.05) is 50.8 Å². The monoisotopic (exact) mass is 446 g/mol. The predicted molar refractivity (Wildman–Crippen MR) is 127 cm³/mol. The number of nitrogens with zero attached hydrogens (tertiary/aromatic N) is 3. The molecule has 0 aliphatic carbocycles. The van der Waals surface area contributed by atoms with Gasteiger partial charge in [0.05, 0.1) is 5.60 Å². The molecule has 2 fully saturated rings. The van der Waals surface area contributed by atoms with Gasteiger partial charge in [0.25, 0.3) is 0 Å². The van der Waals surface area contributed by atoms with Gasteiger partial charge in [-0.1, -0.05) is 24.6 Å². The Bertz CT molecular complexity index is 788. The van der Waals surface area contributed by atoms with Gasteiger partial charge in [-0.25, -0.2) is 4.98 Å². The highest BCUT2D eigenvalue weighted by Crippen LogP contribution is 2.25. The van der Waals surface area contributed by atoms with E-state index in [9.17, 15) is 5.11 Å². The summed E-state index contributed by atoms with van der Waals surface area (Å²) in [6.07, 6.45) is 6.53. The van der Waals surface area contributed by atoms with E-state index >= 15 is 0 Å². The highest BCUT2D eigenvalue weighted by Gasteiger charge is 2.36. The third-order valence-electron chi connectivity index (χ3n) is 6.11. The fraction of sp³-hybridized carbons (Fsp3) is 0.542. The molecule has 0 spiro atoms. The summed E-state index contributed by atoms with van der Waals surface area (Å²) in [5.74, 6) is 1.86. The molecule has 2 saturated heterocycles. The molecular formula is C24H35ClN4O2. The molecule has 7 heteroatoms. The number of piperidine rings is 1. The van der Waals surface area contributed by atoms with Crippen molar-refractivity contribution in [1.82, 2.24) is 15.2 Å². The van der Waals surface area contributed by atoms with Gasteiger partial charge in [0, 0.05) is 38.9 Å². The number of hydrogen-bond donors (Lipinski definition) is 2. The number of ether oxygens (including phenoxy) is 1. The molecule has 6 nitrogen and oxygen atoms in total. The van der Waals surface area contributed by atoms with Crippen molar-refractivity contribution in [3.05, 3.63) is 54.2 Å². The summed E-state index contributed by atoms with van der Waals surface area (Å²) in [6, 6.07) is 14.2. The Morgan fingerprint density at radius 3 is 2.74 bits per heavy atom. The SMILES string of the molecule is Cl.OC1(CNCc2cccc(OCCN3CCCCC3)c2)CCN(c2ccccn2)C1. The predicted octanol–water partition coefficient (Wildman–Crippen LogP) is 3.10. The van der Waals surface area contributed by atoms with Gasteiger partial charge in [-0.05, 0) is 62.2 Å². The Morgan fingerprint density at radius 1 is 1.06 bits per heavy atom. The number of nitrogens with one attached hydrogen (secondary N) is 1. The number of rotatable bonds is 9. The molecule has 0 radical (unpaired) electrons. The molecule has 1 aromatic heterocycles. The van der Waals surface area contributed by atoms with Crippen molar-refractivity contribution < 1.29 is 9.84 Å². The quantitative estimate of drug-likeness (QED) is 0.617. The fourth-order valence-corrected chi connectivity index (χ4v) is 4.40. The van der Waals surface area contributed by atoms with Crippen LogP contribution in [0.5, 0.6) is 5.75 Å². The lowest BCUT2D eigenvalue weighted by atomic mass is 10.0. The fourth-order valence-electron chi connectivity index (χ4n) is 4.40. The number of benzene rings is 1. The van der Waals surface area contributed by atoms with E-state index in [1.807, 2.05) is 30.3 Å². The minimum absolute atomic E-state index is 0. The van der Waals surface area contributed by atoms with Gasteiger partial charge >= 0.3 is 0 Å². The number of likely N-dealkylation sites (tertiary alicyclic amines) is 1. The summed E-state index contributed by atoms with van der Waals surface area (Å²) in [5, 5.41) is 14.4. The zero-order valence-corrected chi connectivity index (χ0v) is 19.0. The summed E-state index contributed by atoms with van der Waals surface area (Å²) >= 11 is 0. The van der Waals surface area contributed by atoms with Gasteiger partial charge in [-0.15, -0.1) is 12.4 Å². The lowest BCUT2D eigenvalue weighted by Crippen LogP contribution is -2.43. The number of aromatic nitrogens is 1. The van der Waals surface area contributed by atoms with Crippen LogP contribution in [-0.4, -0.2) is 66.5 Å². The minimum atomic E-state index is -0.722. The van der Waals surface area contributed by atoms with Gasteiger partial charge in [-0.2, -0.15) is 0 Å². The number of anilines is 1. The Labute approximate surface area is 192 Å². The molecule has 2 aliphatic rings. The highest BCUT2D eigenvalue weighted by atomic mass is 35.5. The lowest BCUT2D eigenvalue weighted by molar-refractivity contribution is 0.0626. The Balaban J connectivity index is 0.00000272. The average molecular weight is 447 g/mol.